The molecule has 1 aromatic rings. The number of nitrogens with zero attached hydrogens (tertiary/aromatic N) is 2. The monoisotopic (exact) mass is 226 g/mol. The minimum Gasteiger partial charge on any atom is -0.392 e. The molecule has 1 aromatic heterocycles. The van der Waals surface area contributed by atoms with Crippen molar-refractivity contribution in [3.8, 4) is 0 Å². The van der Waals surface area contributed by atoms with Crippen molar-refractivity contribution in [1.82, 2.24) is 4.98 Å². The normalized spacial score (nSPS) is 21.2. The molecular weight excluding hydrogens is 211 g/mol. The van der Waals surface area contributed by atoms with Gasteiger partial charge in [-0.3, -0.25) is 0 Å². The summed E-state index contributed by atoms with van der Waals surface area (Å²) in [6.07, 6.45) is 2.43. The number of β-amino-alcohol motifs (C(OH)–C–C–N with tert-alkyl or cyclic N) is 1. The van der Waals surface area contributed by atoms with Crippen LogP contribution >= 0.6 is 0 Å². The second kappa shape index (κ2) is 4.76. The summed E-state index contributed by atoms with van der Waals surface area (Å²) in [5.41, 5.74) is 0.467. The van der Waals surface area contributed by atoms with Crippen molar-refractivity contribution in [2.45, 2.75) is 25.6 Å². The Balaban J connectivity index is 2.24. The molecule has 88 valence electrons. The molecule has 2 heterocycles. The van der Waals surface area contributed by atoms with Crippen LogP contribution in [0.1, 0.15) is 18.4 Å². The lowest BCUT2D eigenvalue weighted by Gasteiger charge is -2.32. The number of hydrogen-bond acceptors (Lipinski definition) is 4. The average molecular weight is 226 g/mol. The van der Waals surface area contributed by atoms with Gasteiger partial charge in [0, 0.05) is 18.7 Å². The van der Waals surface area contributed by atoms with Crippen LogP contribution in [0.3, 0.4) is 0 Å². The Morgan fingerprint density at radius 3 is 3.06 bits per heavy atom. The van der Waals surface area contributed by atoms with Crippen LogP contribution in [0.15, 0.2) is 12.3 Å². The molecule has 5 heteroatoms. The first-order chi connectivity index (χ1) is 7.70. The summed E-state index contributed by atoms with van der Waals surface area (Å²) in [5.74, 6) is 0.119. The maximum atomic E-state index is 12.9. The summed E-state index contributed by atoms with van der Waals surface area (Å²) >= 11 is 0. The van der Waals surface area contributed by atoms with E-state index < -0.39 is 5.82 Å². The van der Waals surface area contributed by atoms with E-state index in [4.69, 9.17) is 5.11 Å². The molecule has 1 aliphatic rings. The lowest BCUT2D eigenvalue weighted by molar-refractivity contribution is 0.153. The van der Waals surface area contributed by atoms with Gasteiger partial charge in [0.2, 0.25) is 0 Å². The van der Waals surface area contributed by atoms with Crippen molar-refractivity contribution in [2.75, 3.05) is 18.0 Å². The van der Waals surface area contributed by atoms with Crippen LogP contribution in [0.5, 0.6) is 0 Å². The van der Waals surface area contributed by atoms with Gasteiger partial charge in [0.15, 0.2) is 0 Å². The van der Waals surface area contributed by atoms with Gasteiger partial charge in [0.25, 0.3) is 0 Å². The maximum Gasteiger partial charge on any atom is 0.142 e. The summed E-state index contributed by atoms with van der Waals surface area (Å²) < 4.78 is 12.9. The zero-order valence-corrected chi connectivity index (χ0v) is 8.93. The van der Waals surface area contributed by atoms with Crippen LogP contribution in [-0.4, -0.2) is 34.4 Å². The van der Waals surface area contributed by atoms with Crippen molar-refractivity contribution >= 4 is 5.82 Å². The molecule has 1 aliphatic heterocycles. The summed E-state index contributed by atoms with van der Waals surface area (Å²) in [6.45, 7) is 1.03. The number of piperidine rings is 1. The fraction of sp³-hybridized carbons (Fsp3) is 0.545. The van der Waals surface area contributed by atoms with Crippen molar-refractivity contribution in [1.29, 1.82) is 0 Å². The van der Waals surface area contributed by atoms with Gasteiger partial charge >= 0.3 is 0 Å². The zero-order valence-electron chi connectivity index (χ0n) is 8.93. The fourth-order valence-electron chi connectivity index (χ4n) is 2.02. The number of pyridine rings is 1. The Labute approximate surface area is 93.3 Å². The van der Waals surface area contributed by atoms with Crippen molar-refractivity contribution in [2.24, 2.45) is 0 Å². The molecule has 0 aliphatic carbocycles. The van der Waals surface area contributed by atoms with Gasteiger partial charge < -0.3 is 15.1 Å². The Morgan fingerprint density at radius 1 is 1.56 bits per heavy atom. The van der Waals surface area contributed by atoms with Crippen LogP contribution in [0, 0.1) is 5.82 Å². The van der Waals surface area contributed by atoms with E-state index in [9.17, 15) is 9.50 Å². The highest BCUT2D eigenvalue weighted by Gasteiger charge is 2.21. The minimum atomic E-state index is -0.453. The van der Waals surface area contributed by atoms with Crippen LogP contribution < -0.4 is 4.90 Å². The Bertz CT molecular complexity index is 373. The van der Waals surface area contributed by atoms with Crippen molar-refractivity contribution < 1.29 is 14.6 Å². The number of aliphatic hydroxyl groups excluding tert-OH is 2. The maximum absolute atomic E-state index is 12.9. The summed E-state index contributed by atoms with van der Waals surface area (Å²) in [4.78, 5) is 5.88. The van der Waals surface area contributed by atoms with E-state index in [0.29, 0.717) is 17.9 Å². The predicted molar refractivity (Wildman–Crippen MR) is 57.6 cm³/mol. The number of anilines is 1. The molecule has 16 heavy (non-hydrogen) atoms. The SMILES string of the molecule is OCc1cc(F)cnc1N1CCCC(O)C1. The number of aliphatic hydroxyl groups is 2. The van der Waals surface area contributed by atoms with Gasteiger partial charge in [-0.1, -0.05) is 0 Å². The number of rotatable bonds is 2. The van der Waals surface area contributed by atoms with Crippen LogP contribution in [0.4, 0.5) is 10.2 Å². The third kappa shape index (κ3) is 2.31. The van der Waals surface area contributed by atoms with Gasteiger partial charge in [-0.05, 0) is 18.9 Å². The fourth-order valence-corrected chi connectivity index (χ4v) is 2.02. The van der Waals surface area contributed by atoms with Gasteiger partial charge in [0.1, 0.15) is 11.6 Å². The summed E-state index contributed by atoms with van der Waals surface area (Å²) in [6, 6.07) is 1.28. The largest absolute Gasteiger partial charge is 0.392 e. The van der Waals surface area contributed by atoms with Crippen LogP contribution in [-0.2, 0) is 6.61 Å². The molecule has 0 saturated carbocycles. The standard InChI is InChI=1S/C11H15FN2O2/c12-9-4-8(7-15)11(13-5-9)14-3-1-2-10(16)6-14/h4-5,10,15-16H,1-3,6-7H2. The molecule has 0 bridgehead atoms. The summed E-state index contributed by atoms with van der Waals surface area (Å²) in [7, 11) is 0. The minimum absolute atomic E-state index is 0.243. The van der Waals surface area contributed by atoms with Gasteiger partial charge in [-0.15, -0.1) is 0 Å². The van der Waals surface area contributed by atoms with Crippen molar-refractivity contribution in [3.05, 3.63) is 23.6 Å². The lowest BCUT2D eigenvalue weighted by atomic mass is 10.1. The van der Waals surface area contributed by atoms with Crippen LogP contribution in [0.2, 0.25) is 0 Å². The molecular formula is C11H15FN2O2. The third-order valence-electron chi connectivity index (χ3n) is 2.78. The van der Waals surface area contributed by atoms with E-state index in [0.717, 1.165) is 25.6 Å². The Morgan fingerprint density at radius 2 is 2.38 bits per heavy atom. The quantitative estimate of drug-likeness (QED) is 0.778. The van der Waals surface area contributed by atoms with E-state index >= 15 is 0 Å². The molecule has 0 radical (unpaired) electrons. The molecule has 1 unspecified atom stereocenters. The molecule has 0 amide bonds. The van der Waals surface area contributed by atoms with Gasteiger partial charge in [-0.25, -0.2) is 9.37 Å². The predicted octanol–water partition coefficient (Wildman–Crippen LogP) is 0.674. The summed E-state index contributed by atoms with van der Waals surface area (Å²) in [5, 5.41) is 18.7. The van der Waals surface area contributed by atoms with Crippen molar-refractivity contribution in [3.63, 3.8) is 0 Å². The van der Waals surface area contributed by atoms with E-state index in [2.05, 4.69) is 4.98 Å². The smallest absolute Gasteiger partial charge is 0.142 e. The average Bonchev–Trinajstić information content (AvgIpc) is 2.28. The lowest BCUT2D eigenvalue weighted by Crippen LogP contribution is -2.39. The van der Waals surface area contributed by atoms with Gasteiger partial charge in [0.05, 0.1) is 18.9 Å². The topological polar surface area (TPSA) is 56.6 Å². The molecule has 1 saturated heterocycles. The second-order valence-electron chi connectivity index (χ2n) is 4.04. The first kappa shape index (κ1) is 11.3. The molecule has 0 aromatic carbocycles. The molecule has 4 nitrogen and oxygen atoms in total. The van der Waals surface area contributed by atoms with E-state index in [1.165, 1.54) is 6.07 Å². The Hall–Kier alpha value is -1.20. The van der Waals surface area contributed by atoms with E-state index in [1.54, 1.807) is 0 Å². The van der Waals surface area contributed by atoms with Gasteiger partial charge in [-0.2, -0.15) is 0 Å². The number of halogens is 1. The second-order valence-corrected chi connectivity index (χ2v) is 4.04. The first-order valence-corrected chi connectivity index (χ1v) is 5.39. The molecule has 0 spiro atoms. The van der Waals surface area contributed by atoms with Crippen LogP contribution in [0.25, 0.3) is 0 Å². The van der Waals surface area contributed by atoms with E-state index in [-0.39, 0.29) is 12.7 Å². The zero-order chi connectivity index (χ0) is 11.5. The number of aromatic nitrogens is 1. The third-order valence-corrected chi connectivity index (χ3v) is 2.78. The molecule has 2 rings (SSSR count). The highest BCUT2D eigenvalue weighted by atomic mass is 19.1. The Kier molecular flexibility index (Phi) is 3.36. The molecule has 1 fully saturated rings. The number of hydrogen-bond donors (Lipinski definition) is 2. The highest BCUT2D eigenvalue weighted by molar-refractivity contribution is 5.47. The molecule has 2 N–H and O–H groups in total. The molecule has 1 atom stereocenters. The highest BCUT2D eigenvalue weighted by Crippen LogP contribution is 2.22. The first-order valence-electron chi connectivity index (χ1n) is 5.39. The van der Waals surface area contributed by atoms with E-state index in [1.807, 2.05) is 4.90 Å².